The summed E-state index contributed by atoms with van der Waals surface area (Å²) in [5.74, 6) is -1.06. The fourth-order valence-electron chi connectivity index (χ4n) is 2.84. The molecule has 2 rings (SSSR count). The Morgan fingerprint density at radius 2 is 1.70 bits per heavy atom. The molecule has 1 amide bonds. The first-order chi connectivity index (χ1) is 12.8. The second-order valence-electron chi connectivity index (χ2n) is 7.02. The van der Waals surface area contributed by atoms with E-state index >= 15 is 0 Å². The van der Waals surface area contributed by atoms with Crippen molar-refractivity contribution < 1.29 is 19.4 Å². The lowest BCUT2D eigenvalue weighted by molar-refractivity contribution is -0.141. The van der Waals surface area contributed by atoms with E-state index in [0.717, 1.165) is 16.9 Å². The zero-order valence-electron chi connectivity index (χ0n) is 16.1. The maximum Gasteiger partial charge on any atom is 0.308 e. The van der Waals surface area contributed by atoms with Crippen molar-refractivity contribution in [2.75, 3.05) is 13.2 Å². The second-order valence-corrected chi connectivity index (χ2v) is 7.02. The van der Waals surface area contributed by atoms with Gasteiger partial charge in [-0.15, -0.1) is 0 Å². The van der Waals surface area contributed by atoms with Crippen molar-refractivity contribution in [1.29, 1.82) is 0 Å². The first-order valence-corrected chi connectivity index (χ1v) is 9.13. The van der Waals surface area contributed by atoms with Crippen molar-refractivity contribution in [1.82, 2.24) is 5.32 Å². The summed E-state index contributed by atoms with van der Waals surface area (Å²) in [4.78, 5) is 24.3. The Morgan fingerprint density at radius 1 is 1.07 bits per heavy atom. The molecule has 0 saturated heterocycles. The molecule has 2 aromatic carbocycles. The number of hydrogen-bond acceptors (Lipinski definition) is 3. The Bertz CT molecular complexity index is 754. The van der Waals surface area contributed by atoms with Crippen LogP contribution in [0.4, 0.5) is 0 Å². The van der Waals surface area contributed by atoms with Crippen LogP contribution < -0.4 is 10.1 Å². The Morgan fingerprint density at radius 3 is 2.26 bits per heavy atom. The molecule has 1 unspecified atom stereocenters. The minimum atomic E-state index is -0.929. The minimum Gasteiger partial charge on any atom is -0.494 e. The van der Waals surface area contributed by atoms with Gasteiger partial charge >= 0.3 is 5.97 Å². The van der Waals surface area contributed by atoms with Gasteiger partial charge in [0.25, 0.3) is 0 Å². The highest BCUT2D eigenvalue weighted by molar-refractivity contribution is 5.87. The summed E-state index contributed by atoms with van der Waals surface area (Å²) < 4.78 is 5.40. The molecular formula is C22H27NO4. The number of nitrogens with one attached hydrogen (secondary N) is 1. The fraction of sp³-hybridized carbons (Fsp3) is 0.364. The van der Waals surface area contributed by atoms with Crippen molar-refractivity contribution >= 4 is 11.9 Å². The van der Waals surface area contributed by atoms with Crippen LogP contribution in [0.25, 0.3) is 0 Å². The molecule has 0 aliphatic carbocycles. The summed E-state index contributed by atoms with van der Waals surface area (Å²) in [6, 6.07) is 16.8. The van der Waals surface area contributed by atoms with Crippen LogP contribution >= 0.6 is 0 Å². The monoisotopic (exact) mass is 369 g/mol. The van der Waals surface area contributed by atoms with Crippen molar-refractivity contribution in [2.24, 2.45) is 5.92 Å². The second kappa shape index (κ2) is 9.21. The Balaban J connectivity index is 1.99. The van der Waals surface area contributed by atoms with Crippen LogP contribution in [0.5, 0.6) is 5.75 Å². The SMILES string of the molecule is CCOc1ccc(CC(CNC(=O)C(C)(C)c2ccccc2)C(=O)O)cc1. The predicted octanol–water partition coefficient (Wildman–Crippen LogP) is 3.42. The highest BCUT2D eigenvalue weighted by Crippen LogP contribution is 2.23. The number of carbonyl (C=O) groups is 2. The average Bonchev–Trinajstić information content (AvgIpc) is 2.66. The molecule has 0 bridgehead atoms. The summed E-state index contributed by atoms with van der Waals surface area (Å²) in [5.41, 5.74) is 1.05. The third kappa shape index (κ3) is 5.58. The van der Waals surface area contributed by atoms with Gasteiger partial charge < -0.3 is 15.2 Å². The average molecular weight is 369 g/mol. The standard InChI is InChI=1S/C22H27NO4/c1-4-27-19-12-10-16(11-13-19)14-17(20(24)25)15-23-21(26)22(2,3)18-8-6-5-7-9-18/h5-13,17H,4,14-15H2,1-3H3,(H,23,26)(H,24,25). The largest absolute Gasteiger partial charge is 0.494 e. The van der Waals surface area contributed by atoms with E-state index in [9.17, 15) is 14.7 Å². The van der Waals surface area contributed by atoms with Crippen LogP contribution in [0, 0.1) is 5.92 Å². The van der Waals surface area contributed by atoms with Gasteiger partial charge in [-0.05, 0) is 50.5 Å². The molecule has 0 saturated carbocycles. The van der Waals surface area contributed by atoms with E-state index in [4.69, 9.17) is 4.74 Å². The lowest BCUT2D eigenvalue weighted by Crippen LogP contribution is -2.43. The Labute approximate surface area is 160 Å². The molecule has 0 heterocycles. The van der Waals surface area contributed by atoms with Gasteiger partial charge in [0, 0.05) is 6.54 Å². The summed E-state index contributed by atoms with van der Waals surface area (Å²) in [5, 5.41) is 12.3. The molecule has 144 valence electrons. The smallest absolute Gasteiger partial charge is 0.308 e. The summed E-state index contributed by atoms with van der Waals surface area (Å²) in [6.45, 7) is 6.24. The van der Waals surface area contributed by atoms with E-state index < -0.39 is 17.3 Å². The normalized spacial score (nSPS) is 12.3. The van der Waals surface area contributed by atoms with Crippen molar-refractivity contribution in [3.05, 3.63) is 65.7 Å². The summed E-state index contributed by atoms with van der Waals surface area (Å²) in [6.07, 6.45) is 0.341. The van der Waals surface area contributed by atoms with Crippen LogP contribution in [-0.4, -0.2) is 30.1 Å². The summed E-state index contributed by atoms with van der Waals surface area (Å²) >= 11 is 0. The van der Waals surface area contributed by atoms with E-state index in [1.54, 1.807) is 0 Å². The number of amides is 1. The van der Waals surface area contributed by atoms with Crippen LogP contribution in [0.3, 0.4) is 0 Å². The number of benzene rings is 2. The third-order valence-corrected chi connectivity index (χ3v) is 4.64. The number of carbonyl (C=O) groups excluding carboxylic acids is 1. The molecule has 0 radical (unpaired) electrons. The van der Waals surface area contributed by atoms with Gasteiger partial charge in [-0.3, -0.25) is 9.59 Å². The first kappa shape index (κ1) is 20.5. The summed E-state index contributed by atoms with van der Waals surface area (Å²) in [7, 11) is 0. The molecule has 5 heteroatoms. The molecule has 2 aromatic rings. The fourth-order valence-corrected chi connectivity index (χ4v) is 2.84. The van der Waals surface area contributed by atoms with Crippen molar-refractivity contribution in [2.45, 2.75) is 32.6 Å². The highest BCUT2D eigenvalue weighted by Gasteiger charge is 2.30. The molecule has 0 fully saturated rings. The van der Waals surface area contributed by atoms with Crippen LogP contribution in [0.15, 0.2) is 54.6 Å². The van der Waals surface area contributed by atoms with Crippen LogP contribution in [0.2, 0.25) is 0 Å². The first-order valence-electron chi connectivity index (χ1n) is 9.13. The topological polar surface area (TPSA) is 75.6 Å². The van der Waals surface area contributed by atoms with Gasteiger partial charge in [0.05, 0.1) is 17.9 Å². The zero-order chi connectivity index (χ0) is 19.9. The number of hydrogen-bond donors (Lipinski definition) is 2. The van der Waals surface area contributed by atoms with E-state index in [1.165, 1.54) is 0 Å². The lowest BCUT2D eigenvalue weighted by atomic mass is 9.83. The zero-order valence-corrected chi connectivity index (χ0v) is 16.1. The number of rotatable bonds is 9. The van der Waals surface area contributed by atoms with Gasteiger partial charge in [0.2, 0.25) is 5.91 Å². The maximum atomic E-state index is 12.6. The van der Waals surface area contributed by atoms with E-state index in [1.807, 2.05) is 75.4 Å². The van der Waals surface area contributed by atoms with Gasteiger partial charge in [-0.2, -0.15) is 0 Å². The number of ether oxygens (including phenoxy) is 1. The van der Waals surface area contributed by atoms with Crippen LogP contribution in [-0.2, 0) is 21.4 Å². The van der Waals surface area contributed by atoms with Gasteiger partial charge in [-0.25, -0.2) is 0 Å². The molecule has 0 aromatic heterocycles. The quantitative estimate of drug-likeness (QED) is 0.710. The number of carboxylic acid groups (broad SMARTS) is 1. The van der Waals surface area contributed by atoms with Gasteiger partial charge in [-0.1, -0.05) is 42.5 Å². The molecule has 2 N–H and O–H groups in total. The van der Waals surface area contributed by atoms with E-state index in [2.05, 4.69) is 5.32 Å². The predicted molar refractivity (Wildman–Crippen MR) is 105 cm³/mol. The van der Waals surface area contributed by atoms with Crippen molar-refractivity contribution in [3.8, 4) is 5.75 Å². The lowest BCUT2D eigenvalue weighted by Gasteiger charge is -2.25. The van der Waals surface area contributed by atoms with Crippen molar-refractivity contribution in [3.63, 3.8) is 0 Å². The Hall–Kier alpha value is -2.82. The molecule has 0 spiro atoms. The number of aliphatic carboxylic acids is 1. The molecule has 27 heavy (non-hydrogen) atoms. The number of carboxylic acids is 1. The molecular weight excluding hydrogens is 342 g/mol. The third-order valence-electron chi connectivity index (χ3n) is 4.64. The van der Waals surface area contributed by atoms with Gasteiger partial charge in [0.1, 0.15) is 5.75 Å². The van der Waals surface area contributed by atoms with E-state index in [-0.39, 0.29) is 12.5 Å². The maximum absolute atomic E-state index is 12.6. The molecule has 0 aliphatic heterocycles. The molecule has 5 nitrogen and oxygen atoms in total. The minimum absolute atomic E-state index is 0.0810. The highest BCUT2D eigenvalue weighted by atomic mass is 16.5. The van der Waals surface area contributed by atoms with Gasteiger partial charge in [0.15, 0.2) is 0 Å². The molecule has 0 aliphatic rings. The van der Waals surface area contributed by atoms with E-state index in [0.29, 0.717) is 13.0 Å². The Kier molecular flexibility index (Phi) is 6.99. The molecule has 1 atom stereocenters. The van der Waals surface area contributed by atoms with Crippen LogP contribution in [0.1, 0.15) is 31.9 Å².